The van der Waals surface area contributed by atoms with Crippen LogP contribution in [0.4, 0.5) is 0 Å². The Kier molecular flexibility index (Phi) is 4.53. The molecule has 1 N–H and O–H groups in total. The van der Waals surface area contributed by atoms with Crippen LogP contribution in [0, 0.1) is 47.3 Å². The highest BCUT2D eigenvalue weighted by Gasteiger charge is 2.58. The fourth-order valence-corrected chi connectivity index (χ4v) is 9.44. The Morgan fingerprint density at radius 3 is 2.44 bits per heavy atom. The standard InChI is InChI=1S/C21H35NO2S/c1-12-9-18-20(16-6-4-3-5-14(12)16)21-17-11-22-10-13(2)15(17)7-8-19(21)25(23)24-18/h12-22H,3-11H2,1-2H3. The number of hydrogen-bond donors (Lipinski definition) is 1. The van der Waals surface area contributed by atoms with E-state index >= 15 is 0 Å². The Morgan fingerprint density at radius 2 is 1.60 bits per heavy atom. The second-order valence-corrected chi connectivity index (χ2v) is 11.3. The topological polar surface area (TPSA) is 38.3 Å². The van der Waals surface area contributed by atoms with Crippen molar-refractivity contribution in [3.63, 3.8) is 0 Å². The molecule has 0 aromatic heterocycles. The van der Waals surface area contributed by atoms with Crippen LogP contribution >= 0.6 is 0 Å². The molecule has 142 valence electrons. The van der Waals surface area contributed by atoms with Crippen molar-refractivity contribution in [2.24, 2.45) is 47.3 Å². The average molecular weight is 366 g/mol. The van der Waals surface area contributed by atoms with Gasteiger partial charge in [-0.3, -0.25) is 4.18 Å². The lowest BCUT2D eigenvalue weighted by atomic mass is 9.52. The third-order valence-electron chi connectivity index (χ3n) is 8.88. The molecule has 2 aliphatic heterocycles. The molecule has 11 atom stereocenters. The normalized spacial score (nSPS) is 58.4. The molecule has 4 heteroatoms. The first kappa shape index (κ1) is 17.2. The van der Waals surface area contributed by atoms with E-state index in [0.717, 1.165) is 54.9 Å². The van der Waals surface area contributed by atoms with Gasteiger partial charge >= 0.3 is 0 Å². The van der Waals surface area contributed by atoms with Crippen molar-refractivity contribution in [3.05, 3.63) is 0 Å². The molecular formula is C21H35NO2S. The second kappa shape index (κ2) is 6.60. The Labute approximate surface area is 155 Å². The lowest BCUT2D eigenvalue weighted by Crippen LogP contribution is -2.62. The van der Waals surface area contributed by atoms with Crippen LogP contribution in [0.15, 0.2) is 0 Å². The monoisotopic (exact) mass is 365 g/mol. The molecule has 11 unspecified atom stereocenters. The van der Waals surface area contributed by atoms with Crippen LogP contribution in [0.1, 0.15) is 58.8 Å². The molecule has 3 aliphatic carbocycles. The summed E-state index contributed by atoms with van der Waals surface area (Å²) in [4.78, 5) is 0. The Balaban J connectivity index is 1.51. The summed E-state index contributed by atoms with van der Waals surface area (Å²) >= 11 is -1.06. The zero-order valence-electron chi connectivity index (χ0n) is 15.9. The molecule has 5 aliphatic rings. The predicted molar refractivity (Wildman–Crippen MR) is 101 cm³/mol. The summed E-state index contributed by atoms with van der Waals surface area (Å²) in [6, 6.07) is 0. The van der Waals surface area contributed by atoms with Gasteiger partial charge in [-0.15, -0.1) is 0 Å². The summed E-state index contributed by atoms with van der Waals surface area (Å²) in [5.74, 6) is 6.18. The molecular weight excluding hydrogens is 330 g/mol. The average Bonchev–Trinajstić information content (AvgIpc) is 2.62. The Hall–Kier alpha value is 0.0700. The molecule has 0 bridgehead atoms. The van der Waals surface area contributed by atoms with E-state index in [2.05, 4.69) is 19.2 Å². The first-order chi connectivity index (χ1) is 12.1. The highest BCUT2D eigenvalue weighted by molar-refractivity contribution is 7.80. The zero-order valence-corrected chi connectivity index (χ0v) is 16.7. The molecule has 0 amide bonds. The Bertz CT molecular complexity index is 540. The van der Waals surface area contributed by atoms with Crippen molar-refractivity contribution in [3.8, 4) is 0 Å². The van der Waals surface area contributed by atoms with Gasteiger partial charge in [0, 0.05) is 0 Å². The third kappa shape index (κ3) is 2.69. The lowest BCUT2D eigenvalue weighted by molar-refractivity contribution is -0.101. The summed E-state index contributed by atoms with van der Waals surface area (Å²) in [6.07, 6.45) is 9.49. The van der Waals surface area contributed by atoms with E-state index in [0.29, 0.717) is 17.1 Å². The van der Waals surface area contributed by atoms with Gasteiger partial charge in [-0.2, -0.15) is 0 Å². The maximum absolute atomic E-state index is 13.0. The van der Waals surface area contributed by atoms with Gasteiger partial charge in [-0.1, -0.05) is 26.7 Å². The number of rotatable bonds is 0. The molecule has 0 aromatic carbocycles. The summed E-state index contributed by atoms with van der Waals surface area (Å²) in [7, 11) is 0. The van der Waals surface area contributed by atoms with Gasteiger partial charge in [0.2, 0.25) is 0 Å². The molecule has 25 heavy (non-hydrogen) atoms. The highest BCUT2D eigenvalue weighted by Crippen LogP contribution is 2.58. The smallest absolute Gasteiger partial charge is 0.159 e. The maximum atomic E-state index is 13.0. The summed E-state index contributed by atoms with van der Waals surface area (Å²) < 4.78 is 19.2. The number of nitrogens with one attached hydrogen (secondary N) is 1. The Morgan fingerprint density at radius 1 is 0.840 bits per heavy atom. The van der Waals surface area contributed by atoms with Crippen molar-refractivity contribution in [2.45, 2.75) is 70.1 Å². The van der Waals surface area contributed by atoms with Crippen LogP contribution in [0.2, 0.25) is 0 Å². The van der Waals surface area contributed by atoms with Crippen LogP contribution in [0.3, 0.4) is 0 Å². The highest BCUT2D eigenvalue weighted by atomic mass is 32.2. The number of fused-ring (bicyclic) bond motifs is 7. The zero-order chi connectivity index (χ0) is 17.1. The van der Waals surface area contributed by atoms with Gasteiger partial charge in [-0.05, 0) is 92.5 Å². The number of piperidine rings is 1. The summed E-state index contributed by atoms with van der Waals surface area (Å²) in [6.45, 7) is 7.20. The van der Waals surface area contributed by atoms with Crippen LogP contribution < -0.4 is 5.32 Å². The second-order valence-electron chi connectivity index (χ2n) is 9.95. The van der Waals surface area contributed by atoms with Crippen molar-refractivity contribution in [1.82, 2.24) is 5.32 Å². The van der Waals surface area contributed by atoms with Crippen molar-refractivity contribution >= 4 is 11.1 Å². The molecule has 3 nitrogen and oxygen atoms in total. The number of hydrogen-bond acceptors (Lipinski definition) is 3. The first-order valence-corrected chi connectivity index (χ1v) is 12.1. The SMILES string of the molecule is CC1CC2OS(=O)C3CCC4C(C)CNCC4C3C2C2CCCCC12. The molecule has 0 spiro atoms. The molecule has 0 radical (unpaired) electrons. The molecule has 2 heterocycles. The van der Waals surface area contributed by atoms with Gasteiger partial charge in [0.05, 0.1) is 11.4 Å². The molecule has 0 aromatic rings. The van der Waals surface area contributed by atoms with Gasteiger partial charge in [0.25, 0.3) is 0 Å². The van der Waals surface area contributed by atoms with E-state index in [1.807, 2.05) is 0 Å². The van der Waals surface area contributed by atoms with E-state index in [4.69, 9.17) is 4.18 Å². The lowest BCUT2D eigenvalue weighted by Gasteiger charge is -2.59. The van der Waals surface area contributed by atoms with Crippen molar-refractivity contribution in [2.75, 3.05) is 13.1 Å². The van der Waals surface area contributed by atoms with E-state index in [1.54, 1.807) is 0 Å². The van der Waals surface area contributed by atoms with E-state index in [1.165, 1.54) is 38.6 Å². The van der Waals surface area contributed by atoms with E-state index in [-0.39, 0.29) is 6.10 Å². The van der Waals surface area contributed by atoms with Gasteiger partial charge < -0.3 is 5.32 Å². The third-order valence-corrected chi connectivity index (χ3v) is 10.4. The van der Waals surface area contributed by atoms with Gasteiger partial charge in [0.15, 0.2) is 11.1 Å². The predicted octanol–water partition coefficient (Wildman–Crippen LogP) is 3.76. The largest absolute Gasteiger partial charge is 0.316 e. The summed E-state index contributed by atoms with van der Waals surface area (Å²) in [5, 5.41) is 4.03. The van der Waals surface area contributed by atoms with E-state index in [9.17, 15) is 4.21 Å². The van der Waals surface area contributed by atoms with Crippen LogP contribution in [-0.4, -0.2) is 28.7 Å². The first-order valence-electron chi connectivity index (χ1n) is 10.9. The fraction of sp³-hybridized carbons (Fsp3) is 1.00. The summed E-state index contributed by atoms with van der Waals surface area (Å²) in [5.41, 5.74) is 0. The fourth-order valence-electron chi connectivity index (χ4n) is 7.88. The minimum Gasteiger partial charge on any atom is -0.316 e. The van der Waals surface area contributed by atoms with Crippen molar-refractivity contribution in [1.29, 1.82) is 0 Å². The molecule has 5 fully saturated rings. The van der Waals surface area contributed by atoms with Crippen LogP contribution in [-0.2, 0) is 15.3 Å². The maximum Gasteiger partial charge on any atom is 0.159 e. The van der Waals surface area contributed by atoms with E-state index < -0.39 is 11.1 Å². The van der Waals surface area contributed by atoms with Gasteiger partial charge in [-0.25, -0.2) is 4.21 Å². The molecule has 5 rings (SSSR count). The molecule has 2 saturated heterocycles. The minimum absolute atomic E-state index is 0.271. The quantitative estimate of drug-likeness (QED) is 0.710. The van der Waals surface area contributed by atoms with Crippen LogP contribution in [0.5, 0.6) is 0 Å². The van der Waals surface area contributed by atoms with Gasteiger partial charge in [0.1, 0.15) is 0 Å². The minimum atomic E-state index is -1.06. The molecule has 3 saturated carbocycles. The van der Waals surface area contributed by atoms with Crippen molar-refractivity contribution < 1.29 is 8.39 Å². The van der Waals surface area contributed by atoms with Crippen LogP contribution in [0.25, 0.3) is 0 Å².